The fraction of sp³-hybridized carbons (Fsp3) is 0.524. The van der Waals surface area contributed by atoms with Gasteiger partial charge in [0.05, 0.1) is 0 Å². The Morgan fingerprint density at radius 3 is 2.46 bits per heavy atom. The smallest absolute Gasteiger partial charge is 0.163 e. The summed E-state index contributed by atoms with van der Waals surface area (Å²) >= 11 is 0. The van der Waals surface area contributed by atoms with Crippen LogP contribution in [0, 0.1) is 0 Å². The maximum absolute atomic E-state index is 12.5. The summed E-state index contributed by atoms with van der Waals surface area (Å²) in [5, 5.41) is 10.9. The Kier molecular flexibility index (Phi) is 7.23. The van der Waals surface area contributed by atoms with Crippen molar-refractivity contribution in [3.05, 3.63) is 35.5 Å². The molecule has 0 fully saturated rings. The average molecular weight is 327 g/mol. The van der Waals surface area contributed by atoms with E-state index in [0.717, 1.165) is 43.2 Å². The zero-order chi connectivity index (χ0) is 17.4. The SMILES string of the molecule is CCCCCCc1ccc2c(C(=O)CCCCC)ccc(O)c2n1. The third-order valence-electron chi connectivity index (χ3n) is 4.49. The summed E-state index contributed by atoms with van der Waals surface area (Å²) in [6.07, 6.45) is 9.36. The number of fused-ring (bicyclic) bond motifs is 1. The summed E-state index contributed by atoms with van der Waals surface area (Å²) in [4.78, 5) is 17.1. The van der Waals surface area contributed by atoms with Crippen LogP contribution in [0.1, 0.15) is 81.3 Å². The minimum atomic E-state index is 0.144. The Balaban J connectivity index is 2.19. The number of carbonyl (C=O) groups is 1. The topological polar surface area (TPSA) is 50.2 Å². The number of unbranched alkanes of at least 4 members (excludes halogenated alkanes) is 5. The molecular formula is C21H29NO2. The first-order chi connectivity index (χ1) is 11.7. The minimum Gasteiger partial charge on any atom is -0.506 e. The summed E-state index contributed by atoms with van der Waals surface area (Å²) in [6, 6.07) is 7.28. The van der Waals surface area contributed by atoms with E-state index in [-0.39, 0.29) is 11.5 Å². The Hall–Kier alpha value is -1.90. The van der Waals surface area contributed by atoms with E-state index in [1.165, 1.54) is 19.3 Å². The molecule has 0 aliphatic heterocycles. The molecule has 0 radical (unpaired) electrons. The molecule has 0 amide bonds. The lowest BCUT2D eigenvalue weighted by molar-refractivity contribution is 0.0981. The number of nitrogens with zero attached hydrogens (tertiary/aromatic N) is 1. The van der Waals surface area contributed by atoms with E-state index in [1.807, 2.05) is 12.1 Å². The summed E-state index contributed by atoms with van der Waals surface area (Å²) < 4.78 is 0. The molecule has 3 nitrogen and oxygen atoms in total. The van der Waals surface area contributed by atoms with Crippen LogP contribution in [0.2, 0.25) is 0 Å². The molecule has 0 spiro atoms. The summed E-state index contributed by atoms with van der Waals surface area (Å²) in [7, 11) is 0. The highest BCUT2D eigenvalue weighted by atomic mass is 16.3. The molecule has 130 valence electrons. The van der Waals surface area contributed by atoms with E-state index in [2.05, 4.69) is 18.8 Å². The second-order valence-corrected chi connectivity index (χ2v) is 6.52. The number of ketones is 1. The van der Waals surface area contributed by atoms with Gasteiger partial charge in [-0.3, -0.25) is 4.79 Å². The third kappa shape index (κ3) is 4.80. The van der Waals surface area contributed by atoms with Crippen molar-refractivity contribution in [2.45, 2.75) is 71.6 Å². The number of aryl methyl sites for hydroxylation is 1. The van der Waals surface area contributed by atoms with Crippen LogP contribution in [-0.2, 0) is 6.42 Å². The number of aromatic nitrogens is 1. The predicted octanol–water partition coefficient (Wildman–Crippen LogP) is 5.83. The highest BCUT2D eigenvalue weighted by Gasteiger charge is 2.13. The van der Waals surface area contributed by atoms with Crippen LogP contribution in [-0.4, -0.2) is 15.9 Å². The number of pyridine rings is 1. The largest absolute Gasteiger partial charge is 0.506 e. The van der Waals surface area contributed by atoms with Crippen molar-refractivity contribution in [1.82, 2.24) is 4.98 Å². The number of aromatic hydroxyl groups is 1. The Labute approximate surface area is 145 Å². The molecule has 0 aliphatic carbocycles. The van der Waals surface area contributed by atoms with Gasteiger partial charge in [-0.25, -0.2) is 4.98 Å². The van der Waals surface area contributed by atoms with E-state index in [4.69, 9.17) is 0 Å². The predicted molar refractivity (Wildman–Crippen MR) is 99.7 cm³/mol. The van der Waals surface area contributed by atoms with Crippen LogP contribution in [0.5, 0.6) is 5.75 Å². The maximum atomic E-state index is 12.5. The van der Waals surface area contributed by atoms with Crippen LogP contribution < -0.4 is 0 Å². The second kappa shape index (κ2) is 9.41. The van der Waals surface area contributed by atoms with Gasteiger partial charge in [0.15, 0.2) is 5.78 Å². The third-order valence-corrected chi connectivity index (χ3v) is 4.49. The van der Waals surface area contributed by atoms with Gasteiger partial charge < -0.3 is 5.11 Å². The van der Waals surface area contributed by atoms with Crippen molar-refractivity contribution in [3.8, 4) is 5.75 Å². The first-order valence-corrected chi connectivity index (χ1v) is 9.32. The zero-order valence-corrected chi connectivity index (χ0v) is 15.0. The van der Waals surface area contributed by atoms with Crippen LogP contribution >= 0.6 is 0 Å². The van der Waals surface area contributed by atoms with Crippen molar-refractivity contribution in [2.24, 2.45) is 0 Å². The number of hydrogen-bond acceptors (Lipinski definition) is 3. The lowest BCUT2D eigenvalue weighted by Gasteiger charge is -2.09. The van der Waals surface area contributed by atoms with Crippen LogP contribution in [0.3, 0.4) is 0 Å². The van der Waals surface area contributed by atoms with Crippen molar-refractivity contribution >= 4 is 16.7 Å². The number of carbonyl (C=O) groups excluding carboxylic acids is 1. The van der Waals surface area contributed by atoms with E-state index in [9.17, 15) is 9.90 Å². The molecule has 0 unspecified atom stereocenters. The van der Waals surface area contributed by atoms with Crippen molar-refractivity contribution in [2.75, 3.05) is 0 Å². The van der Waals surface area contributed by atoms with Gasteiger partial charge in [-0.15, -0.1) is 0 Å². The molecule has 0 saturated heterocycles. The Morgan fingerprint density at radius 1 is 0.958 bits per heavy atom. The quantitative estimate of drug-likeness (QED) is 0.441. The zero-order valence-electron chi connectivity index (χ0n) is 15.0. The number of benzene rings is 1. The van der Waals surface area contributed by atoms with Gasteiger partial charge in [-0.1, -0.05) is 52.0 Å². The molecule has 0 saturated carbocycles. The van der Waals surface area contributed by atoms with Crippen molar-refractivity contribution in [3.63, 3.8) is 0 Å². The van der Waals surface area contributed by atoms with Gasteiger partial charge in [0.25, 0.3) is 0 Å². The highest BCUT2D eigenvalue weighted by Crippen LogP contribution is 2.28. The lowest BCUT2D eigenvalue weighted by Crippen LogP contribution is -2.01. The number of rotatable bonds is 10. The Morgan fingerprint density at radius 2 is 1.71 bits per heavy atom. The van der Waals surface area contributed by atoms with Crippen LogP contribution in [0.15, 0.2) is 24.3 Å². The van der Waals surface area contributed by atoms with E-state index in [0.29, 0.717) is 17.5 Å². The van der Waals surface area contributed by atoms with Crippen molar-refractivity contribution < 1.29 is 9.90 Å². The molecular weight excluding hydrogens is 298 g/mol. The van der Waals surface area contributed by atoms with Gasteiger partial charge in [0.1, 0.15) is 11.3 Å². The van der Waals surface area contributed by atoms with Gasteiger partial charge in [0.2, 0.25) is 0 Å². The normalized spacial score (nSPS) is 11.1. The summed E-state index contributed by atoms with van der Waals surface area (Å²) in [5.74, 6) is 0.302. The molecule has 1 heterocycles. The maximum Gasteiger partial charge on any atom is 0.163 e. The fourth-order valence-corrected chi connectivity index (χ4v) is 3.03. The lowest BCUT2D eigenvalue weighted by atomic mass is 9.99. The number of Topliss-reactive ketones (excluding diaryl/α,β-unsaturated/α-hetero) is 1. The fourth-order valence-electron chi connectivity index (χ4n) is 3.03. The van der Waals surface area contributed by atoms with Crippen LogP contribution in [0.4, 0.5) is 0 Å². The first-order valence-electron chi connectivity index (χ1n) is 9.32. The van der Waals surface area contributed by atoms with Gasteiger partial charge in [-0.2, -0.15) is 0 Å². The average Bonchev–Trinajstić information content (AvgIpc) is 2.59. The number of phenols is 1. The minimum absolute atomic E-state index is 0.144. The van der Waals surface area contributed by atoms with Gasteiger partial charge in [-0.05, 0) is 37.5 Å². The van der Waals surface area contributed by atoms with Crippen molar-refractivity contribution in [1.29, 1.82) is 0 Å². The second-order valence-electron chi connectivity index (χ2n) is 6.52. The van der Waals surface area contributed by atoms with E-state index < -0.39 is 0 Å². The van der Waals surface area contributed by atoms with Crippen LogP contribution in [0.25, 0.3) is 10.9 Å². The van der Waals surface area contributed by atoms with Gasteiger partial charge >= 0.3 is 0 Å². The number of hydrogen-bond donors (Lipinski definition) is 1. The molecule has 24 heavy (non-hydrogen) atoms. The first kappa shape index (κ1) is 18.4. The summed E-state index contributed by atoms with van der Waals surface area (Å²) in [5.41, 5.74) is 2.23. The standard InChI is InChI=1S/C21H29NO2/c1-3-5-7-9-10-16-12-13-18-17(19(23)11-8-6-4-2)14-15-20(24)21(18)22-16/h12-15,24H,3-11H2,1-2H3. The molecule has 0 bridgehead atoms. The monoisotopic (exact) mass is 327 g/mol. The molecule has 1 N–H and O–H groups in total. The number of phenolic OH excluding ortho intramolecular Hbond substituents is 1. The summed E-state index contributed by atoms with van der Waals surface area (Å²) in [6.45, 7) is 4.33. The molecule has 1 aromatic carbocycles. The van der Waals surface area contributed by atoms with Gasteiger partial charge in [0, 0.05) is 23.1 Å². The molecule has 2 rings (SSSR count). The van der Waals surface area contributed by atoms with E-state index >= 15 is 0 Å². The molecule has 2 aromatic rings. The molecule has 1 aromatic heterocycles. The molecule has 3 heteroatoms. The Bertz CT molecular complexity index is 679. The van der Waals surface area contributed by atoms with E-state index in [1.54, 1.807) is 12.1 Å². The molecule has 0 aliphatic rings. The highest BCUT2D eigenvalue weighted by molar-refractivity contribution is 6.08. The molecule has 0 atom stereocenters.